The highest BCUT2D eigenvalue weighted by Gasteiger charge is 2.40. The molecule has 232 valence electrons. The summed E-state index contributed by atoms with van der Waals surface area (Å²) in [4.78, 5) is 44.4. The van der Waals surface area contributed by atoms with Crippen LogP contribution in [0.1, 0.15) is 66.3 Å². The number of nitrogens with one attached hydrogen (secondary N) is 1. The van der Waals surface area contributed by atoms with Crippen LogP contribution < -0.4 is 19.9 Å². The predicted molar refractivity (Wildman–Crippen MR) is 181 cm³/mol. The summed E-state index contributed by atoms with van der Waals surface area (Å²) in [5.74, 6) is -0.820. The van der Waals surface area contributed by atoms with Crippen molar-refractivity contribution in [3.8, 4) is 5.75 Å². The Hall–Kier alpha value is -4.88. The van der Waals surface area contributed by atoms with Crippen molar-refractivity contribution in [3.63, 3.8) is 0 Å². The second-order valence-electron chi connectivity index (χ2n) is 12.3. The zero-order valence-corrected chi connectivity index (χ0v) is 26.5. The fraction of sp³-hybridized carbons (Fsp3) is 0.237. The van der Waals surface area contributed by atoms with E-state index in [2.05, 4.69) is 34.5 Å². The Morgan fingerprint density at radius 2 is 1.41 bits per heavy atom. The molecule has 4 amide bonds. The maximum absolute atomic E-state index is 14.2. The van der Waals surface area contributed by atoms with E-state index in [4.69, 9.17) is 16.3 Å². The molecule has 0 unspecified atom stereocenters. The first-order chi connectivity index (χ1) is 22.3. The predicted octanol–water partition coefficient (Wildman–Crippen LogP) is 7.67. The van der Waals surface area contributed by atoms with Gasteiger partial charge in [-0.15, -0.1) is 0 Å². The number of imide groups is 2. The van der Waals surface area contributed by atoms with Gasteiger partial charge in [0, 0.05) is 41.2 Å². The van der Waals surface area contributed by atoms with E-state index in [0.29, 0.717) is 22.0 Å². The summed E-state index contributed by atoms with van der Waals surface area (Å²) in [6.45, 7) is 5.62. The third kappa shape index (κ3) is 5.45. The van der Waals surface area contributed by atoms with E-state index in [0.717, 1.165) is 42.0 Å². The van der Waals surface area contributed by atoms with Gasteiger partial charge >= 0.3 is 6.03 Å². The maximum Gasteiger partial charge on any atom is 0.335 e. The first kappa shape index (κ1) is 29.8. The molecule has 46 heavy (non-hydrogen) atoms. The van der Waals surface area contributed by atoms with Crippen LogP contribution in [-0.2, 0) is 9.59 Å². The largest absolute Gasteiger partial charge is 0.490 e. The number of barbiturate groups is 1. The number of carbonyl (C=O) groups excluding carboxylic acids is 3. The van der Waals surface area contributed by atoms with Gasteiger partial charge < -0.3 is 9.64 Å². The lowest BCUT2D eigenvalue weighted by molar-refractivity contribution is -0.122. The van der Waals surface area contributed by atoms with Crippen LogP contribution >= 0.6 is 11.6 Å². The molecular formula is C38H34ClN3O4. The third-order valence-electron chi connectivity index (χ3n) is 8.99. The van der Waals surface area contributed by atoms with Gasteiger partial charge in [-0.3, -0.25) is 14.9 Å². The number of ether oxygens (including phenoxy) is 1. The van der Waals surface area contributed by atoms with Crippen molar-refractivity contribution in [3.05, 3.63) is 129 Å². The monoisotopic (exact) mass is 631 g/mol. The van der Waals surface area contributed by atoms with Gasteiger partial charge in [-0.25, -0.2) is 9.69 Å². The fourth-order valence-electron chi connectivity index (χ4n) is 7.01. The van der Waals surface area contributed by atoms with E-state index in [1.54, 1.807) is 18.2 Å². The molecule has 3 aliphatic heterocycles. The smallest absolute Gasteiger partial charge is 0.335 e. The molecule has 0 aromatic heterocycles. The number of hydrogen-bond acceptors (Lipinski definition) is 5. The molecule has 8 heteroatoms. The summed E-state index contributed by atoms with van der Waals surface area (Å²) in [6.07, 6.45) is 3.12. The van der Waals surface area contributed by atoms with Crippen LogP contribution in [0.2, 0.25) is 5.02 Å². The molecule has 2 atom stereocenters. The number of anilines is 2. The first-order valence-electron chi connectivity index (χ1n) is 15.7. The molecule has 4 aromatic carbocycles. The molecule has 4 aromatic rings. The van der Waals surface area contributed by atoms with Gasteiger partial charge in [0.05, 0.1) is 11.8 Å². The highest BCUT2D eigenvalue weighted by molar-refractivity contribution is 6.39. The van der Waals surface area contributed by atoms with E-state index in [9.17, 15) is 14.4 Å². The van der Waals surface area contributed by atoms with E-state index >= 15 is 0 Å². The molecule has 7 nitrogen and oxygen atoms in total. The Bertz CT molecular complexity index is 1800. The second-order valence-corrected chi connectivity index (χ2v) is 12.7. The lowest BCUT2D eigenvalue weighted by Crippen LogP contribution is -2.54. The zero-order valence-electron chi connectivity index (χ0n) is 25.7. The molecule has 3 aliphatic rings. The van der Waals surface area contributed by atoms with E-state index < -0.39 is 17.8 Å². The molecule has 0 saturated carbocycles. The van der Waals surface area contributed by atoms with Crippen LogP contribution in [0.15, 0.2) is 96.6 Å². The second kappa shape index (κ2) is 12.1. The summed E-state index contributed by atoms with van der Waals surface area (Å²) in [5.41, 5.74) is 6.44. The van der Waals surface area contributed by atoms with Crippen molar-refractivity contribution in [1.82, 2.24) is 5.32 Å². The number of amides is 4. The minimum Gasteiger partial charge on any atom is -0.490 e. The fourth-order valence-corrected chi connectivity index (χ4v) is 7.19. The Morgan fingerprint density at radius 1 is 0.826 bits per heavy atom. The molecule has 1 N–H and O–H groups in total. The number of urea groups is 1. The van der Waals surface area contributed by atoms with Crippen LogP contribution in [0, 0.1) is 0 Å². The SMILES string of the molecule is CC(C)Oc1ccc(Cl)cc1/C=C1\C(=O)NC(=O)N(c2cc3c4c(c2)[C@H](c2ccccc2)CCN4CC[C@H]3c2ccccc2)C1=O. The number of halogens is 1. The summed E-state index contributed by atoms with van der Waals surface area (Å²) >= 11 is 6.30. The van der Waals surface area contributed by atoms with E-state index in [-0.39, 0.29) is 23.5 Å². The lowest BCUT2D eigenvalue weighted by Gasteiger charge is -2.44. The van der Waals surface area contributed by atoms with Crippen LogP contribution in [0.4, 0.5) is 16.2 Å². The van der Waals surface area contributed by atoms with Crippen LogP contribution in [0.25, 0.3) is 6.08 Å². The van der Waals surface area contributed by atoms with Gasteiger partial charge in [-0.2, -0.15) is 0 Å². The highest BCUT2D eigenvalue weighted by Crippen LogP contribution is 2.50. The molecule has 0 radical (unpaired) electrons. The minimum absolute atomic E-state index is 0.0856. The van der Waals surface area contributed by atoms with Crippen LogP contribution in [0.5, 0.6) is 5.75 Å². The van der Waals surface area contributed by atoms with Gasteiger partial charge in [0.15, 0.2) is 0 Å². The average Bonchev–Trinajstić information content (AvgIpc) is 3.05. The normalized spacial score (nSPS) is 20.2. The maximum atomic E-state index is 14.2. The Labute approximate surface area is 273 Å². The van der Waals surface area contributed by atoms with Crippen molar-refractivity contribution in [2.24, 2.45) is 0 Å². The molecule has 0 aliphatic carbocycles. The van der Waals surface area contributed by atoms with Crippen molar-refractivity contribution >= 4 is 46.9 Å². The Morgan fingerprint density at radius 3 is 1.98 bits per heavy atom. The quantitative estimate of drug-likeness (QED) is 0.175. The van der Waals surface area contributed by atoms with Crippen molar-refractivity contribution in [2.45, 2.75) is 44.6 Å². The van der Waals surface area contributed by atoms with Gasteiger partial charge in [0.2, 0.25) is 0 Å². The minimum atomic E-state index is -0.778. The molecule has 1 saturated heterocycles. The average molecular weight is 632 g/mol. The Kier molecular flexibility index (Phi) is 7.87. The molecule has 3 heterocycles. The topological polar surface area (TPSA) is 79.0 Å². The van der Waals surface area contributed by atoms with Gasteiger partial charge in [0.25, 0.3) is 11.8 Å². The number of hydrogen-bond donors (Lipinski definition) is 1. The molecule has 0 bridgehead atoms. The van der Waals surface area contributed by atoms with Gasteiger partial charge in [-0.1, -0.05) is 72.3 Å². The van der Waals surface area contributed by atoms with Gasteiger partial charge in [-0.05, 0) is 85.4 Å². The zero-order chi connectivity index (χ0) is 31.9. The number of benzene rings is 4. The lowest BCUT2D eigenvalue weighted by atomic mass is 9.76. The number of rotatable bonds is 6. The van der Waals surface area contributed by atoms with E-state index in [1.165, 1.54) is 22.9 Å². The van der Waals surface area contributed by atoms with Crippen LogP contribution in [0.3, 0.4) is 0 Å². The molecule has 1 fully saturated rings. The van der Waals surface area contributed by atoms with Crippen molar-refractivity contribution < 1.29 is 19.1 Å². The van der Waals surface area contributed by atoms with Crippen molar-refractivity contribution in [1.29, 1.82) is 0 Å². The molecule has 0 spiro atoms. The summed E-state index contributed by atoms with van der Waals surface area (Å²) in [5, 5.41) is 2.83. The Balaban J connectivity index is 1.38. The first-order valence-corrected chi connectivity index (χ1v) is 16.1. The number of carbonyl (C=O) groups is 3. The van der Waals surface area contributed by atoms with Gasteiger partial charge in [0.1, 0.15) is 11.3 Å². The van der Waals surface area contributed by atoms with Crippen molar-refractivity contribution in [2.75, 3.05) is 22.9 Å². The summed E-state index contributed by atoms with van der Waals surface area (Å²) in [6, 6.07) is 28.9. The molecular weight excluding hydrogens is 598 g/mol. The molecule has 7 rings (SSSR count). The third-order valence-corrected chi connectivity index (χ3v) is 9.23. The van der Waals surface area contributed by atoms with Crippen LogP contribution in [-0.4, -0.2) is 37.0 Å². The summed E-state index contributed by atoms with van der Waals surface area (Å²) in [7, 11) is 0. The summed E-state index contributed by atoms with van der Waals surface area (Å²) < 4.78 is 5.93. The number of nitrogens with zero attached hydrogens (tertiary/aromatic N) is 2. The van der Waals surface area contributed by atoms with E-state index in [1.807, 2.05) is 62.4 Å². The standard InChI is InChI=1S/C38H34ClN3O4/c1-23(2)46-34-14-13-27(39)19-26(34)20-33-36(43)40-38(45)42(37(33)44)28-21-31-29(24-9-5-3-6-10-24)15-17-41-18-16-30(32(22-28)35(31)41)25-11-7-4-8-12-25/h3-14,19-23,29-30H,15-18H2,1-2H3,(H,40,43,45)/b33-20+/t29-,30-/m0/s1. The highest BCUT2D eigenvalue weighted by atomic mass is 35.5.